The van der Waals surface area contributed by atoms with Crippen LogP contribution in [-0.4, -0.2) is 97.7 Å². The van der Waals surface area contributed by atoms with Crippen molar-refractivity contribution in [3.05, 3.63) is 18.2 Å². The number of amides is 3. The molecule has 1 aromatic heterocycles. The second-order valence-electron chi connectivity index (χ2n) is 8.12. The third-order valence-corrected chi connectivity index (χ3v) is 4.97. The smallest absolute Gasteiger partial charge is 0.328 e. The summed E-state index contributed by atoms with van der Waals surface area (Å²) in [4.78, 5) is 71.0. The van der Waals surface area contributed by atoms with E-state index in [9.17, 15) is 34.2 Å². The Hall–Kier alpha value is -4.25. The van der Waals surface area contributed by atoms with Gasteiger partial charge in [-0.25, -0.2) is 9.78 Å². The number of rotatable bonds is 16. The number of aliphatic imine (C=N–C) groups is 1. The van der Waals surface area contributed by atoms with Gasteiger partial charge in [0.25, 0.3) is 0 Å². The van der Waals surface area contributed by atoms with Gasteiger partial charge in [-0.15, -0.1) is 0 Å². The van der Waals surface area contributed by atoms with Gasteiger partial charge in [-0.05, 0) is 19.8 Å². The molecule has 1 rings (SSSR count). The number of aliphatic carboxylic acids is 2. The minimum atomic E-state index is -1.65. The zero-order chi connectivity index (χ0) is 28.1. The average molecular weight is 528 g/mol. The number of imidazole rings is 1. The number of carbonyl (C=O) groups excluding carboxylic acids is 3. The Balaban J connectivity index is 3.10. The molecular weight excluding hydrogens is 494 g/mol. The van der Waals surface area contributed by atoms with Crippen LogP contribution in [-0.2, 0) is 30.4 Å². The standard InChI is InChI=1S/C20H33N9O8/c1-9(30)15(19(36)37)29-18(35)13(5-10-7-24-8-26-10)28-17(34)12(3-2-4-25-20(22)23)27-16(33)11(21)6-14(31)32/h7-9,11-13,15,30H,2-6,21H2,1H3,(H,24,26)(H,27,33)(H,28,34)(H,29,35)(H,31,32)(H,36,37)(H4,22,23,25). The molecule has 0 aliphatic heterocycles. The van der Waals surface area contributed by atoms with Crippen LogP contribution in [0.2, 0.25) is 0 Å². The molecule has 0 saturated carbocycles. The molecule has 0 radical (unpaired) electrons. The molecule has 206 valence electrons. The van der Waals surface area contributed by atoms with Gasteiger partial charge in [0, 0.05) is 24.9 Å². The molecule has 37 heavy (non-hydrogen) atoms. The van der Waals surface area contributed by atoms with E-state index in [0.717, 1.165) is 0 Å². The Labute approximate surface area is 211 Å². The van der Waals surface area contributed by atoms with E-state index < -0.39 is 66.4 Å². The molecule has 17 nitrogen and oxygen atoms in total. The van der Waals surface area contributed by atoms with Crippen LogP contribution < -0.4 is 33.2 Å². The van der Waals surface area contributed by atoms with E-state index >= 15 is 0 Å². The molecular formula is C20H33N9O8. The van der Waals surface area contributed by atoms with E-state index in [-0.39, 0.29) is 31.8 Å². The zero-order valence-corrected chi connectivity index (χ0v) is 20.1. The lowest BCUT2D eigenvalue weighted by Crippen LogP contribution is -2.58. The highest BCUT2D eigenvalue weighted by atomic mass is 16.4. The number of aromatic nitrogens is 2. The number of hydrogen-bond donors (Lipinski definition) is 10. The highest BCUT2D eigenvalue weighted by Gasteiger charge is 2.32. The minimum Gasteiger partial charge on any atom is -0.481 e. The Morgan fingerprint density at radius 2 is 1.68 bits per heavy atom. The summed E-state index contributed by atoms with van der Waals surface area (Å²) in [5.41, 5.74) is 16.5. The summed E-state index contributed by atoms with van der Waals surface area (Å²) in [6.45, 7) is 1.28. The van der Waals surface area contributed by atoms with Crippen molar-refractivity contribution in [2.75, 3.05) is 6.54 Å². The summed E-state index contributed by atoms with van der Waals surface area (Å²) in [5, 5.41) is 34.8. The topological polar surface area (TPSA) is 301 Å². The molecule has 0 aliphatic rings. The quantitative estimate of drug-likeness (QED) is 0.0555. The maximum absolute atomic E-state index is 13.1. The van der Waals surface area contributed by atoms with Crippen LogP contribution >= 0.6 is 0 Å². The molecule has 1 heterocycles. The maximum Gasteiger partial charge on any atom is 0.328 e. The second-order valence-corrected chi connectivity index (χ2v) is 8.12. The molecule has 0 aliphatic carbocycles. The van der Waals surface area contributed by atoms with Crippen LogP contribution in [0.1, 0.15) is 31.9 Å². The fraction of sp³-hybridized carbons (Fsp3) is 0.550. The van der Waals surface area contributed by atoms with Crippen molar-refractivity contribution in [3.63, 3.8) is 0 Å². The lowest BCUT2D eigenvalue weighted by atomic mass is 10.1. The first kappa shape index (κ1) is 30.8. The molecule has 0 bridgehead atoms. The Morgan fingerprint density at radius 3 is 2.19 bits per heavy atom. The summed E-state index contributed by atoms with van der Waals surface area (Å²) in [6, 6.07) is -5.72. The summed E-state index contributed by atoms with van der Waals surface area (Å²) in [7, 11) is 0. The highest BCUT2D eigenvalue weighted by Crippen LogP contribution is 2.05. The van der Waals surface area contributed by atoms with Crippen molar-refractivity contribution in [1.29, 1.82) is 0 Å². The molecule has 1 aromatic rings. The Morgan fingerprint density at radius 1 is 1.05 bits per heavy atom. The van der Waals surface area contributed by atoms with E-state index in [0.29, 0.717) is 5.69 Å². The van der Waals surface area contributed by atoms with Gasteiger partial charge in [-0.1, -0.05) is 0 Å². The first-order valence-electron chi connectivity index (χ1n) is 11.1. The summed E-state index contributed by atoms with van der Waals surface area (Å²) < 4.78 is 0. The van der Waals surface area contributed by atoms with Gasteiger partial charge >= 0.3 is 11.9 Å². The SMILES string of the molecule is CC(O)C(NC(=O)C(Cc1cnc[nH]1)NC(=O)C(CCCN=C(N)N)NC(=O)C(N)CC(=O)O)C(=O)O. The number of nitrogens with zero attached hydrogens (tertiary/aromatic N) is 2. The van der Waals surface area contributed by atoms with E-state index in [2.05, 4.69) is 30.9 Å². The molecule has 0 fully saturated rings. The van der Waals surface area contributed by atoms with Crippen molar-refractivity contribution in [2.45, 2.75) is 62.9 Å². The predicted molar refractivity (Wildman–Crippen MR) is 128 cm³/mol. The normalized spacial score (nSPS) is 14.8. The van der Waals surface area contributed by atoms with Crippen LogP contribution in [0.15, 0.2) is 17.5 Å². The molecule has 0 saturated heterocycles. The van der Waals surface area contributed by atoms with Gasteiger partial charge in [0.15, 0.2) is 12.0 Å². The number of carbonyl (C=O) groups is 5. The fourth-order valence-corrected chi connectivity index (χ4v) is 3.07. The van der Waals surface area contributed by atoms with E-state index in [1.54, 1.807) is 0 Å². The van der Waals surface area contributed by atoms with Crippen molar-refractivity contribution >= 4 is 35.6 Å². The predicted octanol–water partition coefficient (Wildman–Crippen LogP) is -4.27. The second kappa shape index (κ2) is 15.0. The summed E-state index contributed by atoms with van der Waals surface area (Å²) in [5.74, 6) is -5.69. The molecule has 0 spiro atoms. The number of guanidine groups is 1. The van der Waals surface area contributed by atoms with Crippen LogP contribution in [0.5, 0.6) is 0 Å². The van der Waals surface area contributed by atoms with Crippen LogP contribution in [0.3, 0.4) is 0 Å². The molecule has 5 unspecified atom stereocenters. The maximum atomic E-state index is 13.1. The van der Waals surface area contributed by atoms with Crippen molar-refractivity contribution < 1.29 is 39.3 Å². The molecule has 13 N–H and O–H groups in total. The van der Waals surface area contributed by atoms with Crippen LogP contribution in [0, 0.1) is 0 Å². The van der Waals surface area contributed by atoms with Crippen molar-refractivity contribution in [3.8, 4) is 0 Å². The molecule has 17 heteroatoms. The highest BCUT2D eigenvalue weighted by molar-refractivity contribution is 5.94. The van der Waals surface area contributed by atoms with Crippen molar-refractivity contribution in [1.82, 2.24) is 25.9 Å². The first-order chi connectivity index (χ1) is 17.3. The summed E-state index contributed by atoms with van der Waals surface area (Å²) in [6.07, 6.45) is 0.644. The van der Waals surface area contributed by atoms with E-state index in [1.165, 1.54) is 19.4 Å². The molecule has 5 atom stereocenters. The average Bonchev–Trinajstić information content (AvgIpc) is 3.30. The Kier molecular flexibility index (Phi) is 12.5. The number of nitrogens with one attached hydrogen (secondary N) is 4. The fourth-order valence-electron chi connectivity index (χ4n) is 3.07. The monoisotopic (exact) mass is 527 g/mol. The lowest BCUT2D eigenvalue weighted by molar-refractivity contribution is -0.145. The number of carboxylic acid groups (broad SMARTS) is 2. The summed E-state index contributed by atoms with van der Waals surface area (Å²) >= 11 is 0. The third kappa shape index (κ3) is 11.4. The van der Waals surface area contributed by atoms with Gasteiger partial charge in [-0.3, -0.25) is 24.2 Å². The van der Waals surface area contributed by atoms with Crippen molar-refractivity contribution in [2.24, 2.45) is 22.2 Å². The first-order valence-corrected chi connectivity index (χ1v) is 11.1. The molecule has 0 aromatic carbocycles. The van der Waals surface area contributed by atoms with E-state index in [1.807, 2.05) is 0 Å². The van der Waals surface area contributed by atoms with Gasteiger partial charge in [0.2, 0.25) is 17.7 Å². The molecule has 3 amide bonds. The van der Waals surface area contributed by atoms with E-state index in [4.69, 9.17) is 22.3 Å². The Bertz CT molecular complexity index is 963. The van der Waals surface area contributed by atoms with Crippen LogP contribution in [0.25, 0.3) is 0 Å². The number of aromatic amines is 1. The lowest BCUT2D eigenvalue weighted by Gasteiger charge is -2.25. The zero-order valence-electron chi connectivity index (χ0n) is 20.1. The third-order valence-electron chi connectivity index (χ3n) is 4.97. The van der Waals surface area contributed by atoms with Gasteiger partial charge in [0.1, 0.15) is 12.1 Å². The minimum absolute atomic E-state index is 0.0159. The number of carboxylic acids is 2. The van der Waals surface area contributed by atoms with Gasteiger partial charge < -0.3 is 53.5 Å². The van der Waals surface area contributed by atoms with Crippen LogP contribution in [0.4, 0.5) is 0 Å². The van der Waals surface area contributed by atoms with Gasteiger partial charge in [0.05, 0.1) is 24.9 Å². The van der Waals surface area contributed by atoms with Gasteiger partial charge in [-0.2, -0.15) is 0 Å². The number of aliphatic hydroxyl groups is 1. The number of nitrogens with two attached hydrogens (primary N) is 3. The largest absolute Gasteiger partial charge is 0.481 e. The number of H-pyrrole nitrogens is 1. The number of aliphatic hydroxyl groups excluding tert-OH is 1. The number of hydrogen-bond acceptors (Lipinski definition) is 9.